The smallest absolute Gasteiger partial charge is 0.0772 e. The van der Waals surface area contributed by atoms with E-state index in [0.717, 1.165) is 6.42 Å². The third-order valence-corrected chi connectivity index (χ3v) is 4.09. The van der Waals surface area contributed by atoms with Crippen LogP contribution in [-0.4, -0.2) is 17.3 Å². The number of benzene rings is 1. The Hall–Kier alpha value is -1.02. The molecule has 1 fully saturated rings. The van der Waals surface area contributed by atoms with Crippen LogP contribution < -0.4 is 5.32 Å². The van der Waals surface area contributed by atoms with Crippen molar-refractivity contribution >= 4 is 5.69 Å². The molecule has 1 aromatic carbocycles. The van der Waals surface area contributed by atoms with E-state index in [4.69, 9.17) is 0 Å². The maximum Gasteiger partial charge on any atom is 0.0772 e. The first-order valence-electron chi connectivity index (χ1n) is 6.37. The summed E-state index contributed by atoms with van der Waals surface area (Å²) in [6.45, 7) is 0. The van der Waals surface area contributed by atoms with Crippen molar-refractivity contribution < 1.29 is 5.11 Å². The Labute approximate surface area is 96.7 Å². The fourth-order valence-corrected chi connectivity index (χ4v) is 3.16. The molecule has 1 heterocycles. The third kappa shape index (κ3) is 1.71. The quantitative estimate of drug-likeness (QED) is 0.798. The first-order valence-corrected chi connectivity index (χ1v) is 6.37. The van der Waals surface area contributed by atoms with Crippen LogP contribution in [0.1, 0.15) is 31.2 Å². The molecule has 0 aromatic heterocycles. The molecule has 2 unspecified atom stereocenters. The molecule has 1 aliphatic heterocycles. The lowest BCUT2D eigenvalue weighted by Crippen LogP contribution is -2.36. The van der Waals surface area contributed by atoms with Crippen molar-refractivity contribution in [2.75, 3.05) is 5.32 Å². The number of para-hydroxylation sites is 1. The zero-order valence-electron chi connectivity index (χ0n) is 9.52. The molecule has 2 N–H and O–H groups in total. The number of aliphatic hydroxyl groups excluding tert-OH is 1. The normalized spacial score (nSPS) is 26.4. The minimum absolute atomic E-state index is 0.171. The van der Waals surface area contributed by atoms with E-state index >= 15 is 0 Å². The van der Waals surface area contributed by atoms with E-state index in [1.54, 1.807) is 0 Å². The Morgan fingerprint density at radius 2 is 1.94 bits per heavy atom. The molecule has 0 spiro atoms. The van der Waals surface area contributed by atoms with Gasteiger partial charge < -0.3 is 10.4 Å². The van der Waals surface area contributed by atoms with Gasteiger partial charge in [0.05, 0.1) is 12.1 Å². The topological polar surface area (TPSA) is 32.3 Å². The molecule has 1 aromatic rings. The van der Waals surface area contributed by atoms with Crippen molar-refractivity contribution in [3.05, 3.63) is 29.8 Å². The van der Waals surface area contributed by atoms with Crippen LogP contribution in [0.15, 0.2) is 24.3 Å². The van der Waals surface area contributed by atoms with Crippen LogP contribution in [0, 0.1) is 5.92 Å². The highest BCUT2D eigenvalue weighted by Crippen LogP contribution is 2.34. The van der Waals surface area contributed by atoms with E-state index in [9.17, 15) is 5.11 Å². The number of hydrogen-bond acceptors (Lipinski definition) is 2. The summed E-state index contributed by atoms with van der Waals surface area (Å²) in [5.74, 6) is 0.520. The number of rotatable bonds is 2. The van der Waals surface area contributed by atoms with Gasteiger partial charge in [-0.15, -0.1) is 0 Å². The predicted molar refractivity (Wildman–Crippen MR) is 65.5 cm³/mol. The summed E-state index contributed by atoms with van der Waals surface area (Å²) in [6, 6.07) is 8.63. The summed E-state index contributed by atoms with van der Waals surface area (Å²) in [5, 5.41) is 13.8. The largest absolute Gasteiger partial charge is 0.391 e. The molecule has 0 saturated heterocycles. The number of nitrogens with one attached hydrogen (secondary N) is 1. The Morgan fingerprint density at radius 3 is 2.69 bits per heavy atom. The van der Waals surface area contributed by atoms with Gasteiger partial charge in [0.25, 0.3) is 0 Å². The minimum atomic E-state index is -0.171. The Kier molecular flexibility index (Phi) is 2.60. The van der Waals surface area contributed by atoms with Crippen molar-refractivity contribution in [3.8, 4) is 0 Å². The van der Waals surface area contributed by atoms with Gasteiger partial charge in [0, 0.05) is 5.69 Å². The molecule has 0 radical (unpaired) electrons. The third-order valence-electron chi connectivity index (χ3n) is 4.09. The first kappa shape index (κ1) is 10.2. The zero-order valence-corrected chi connectivity index (χ0v) is 9.52. The lowest BCUT2D eigenvalue weighted by molar-refractivity contribution is 0.0931. The van der Waals surface area contributed by atoms with Crippen molar-refractivity contribution in [3.63, 3.8) is 0 Å². The van der Waals surface area contributed by atoms with Crippen LogP contribution in [0.2, 0.25) is 0 Å². The van der Waals surface area contributed by atoms with Crippen LogP contribution in [0.25, 0.3) is 0 Å². The summed E-state index contributed by atoms with van der Waals surface area (Å²) in [6.07, 6.45) is 5.80. The lowest BCUT2D eigenvalue weighted by atomic mass is 9.93. The van der Waals surface area contributed by atoms with Crippen LogP contribution >= 0.6 is 0 Å². The monoisotopic (exact) mass is 217 g/mol. The van der Waals surface area contributed by atoms with E-state index in [-0.39, 0.29) is 12.1 Å². The lowest BCUT2D eigenvalue weighted by Gasteiger charge is -2.24. The standard InChI is InChI=1S/C14H19NO/c16-14(10-5-1-2-6-10)13-9-11-7-3-4-8-12(11)15-13/h3-4,7-8,10,13-16H,1-2,5-6,9H2. The van der Waals surface area contributed by atoms with Gasteiger partial charge in [-0.25, -0.2) is 0 Å². The molecule has 0 amide bonds. The van der Waals surface area contributed by atoms with Crippen molar-refractivity contribution in [1.29, 1.82) is 0 Å². The van der Waals surface area contributed by atoms with E-state index in [0.29, 0.717) is 5.92 Å². The van der Waals surface area contributed by atoms with Gasteiger partial charge >= 0.3 is 0 Å². The number of anilines is 1. The number of hydrogen-bond donors (Lipinski definition) is 2. The van der Waals surface area contributed by atoms with Gasteiger partial charge in [0.1, 0.15) is 0 Å². The molecule has 2 nitrogen and oxygen atoms in total. The van der Waals surface area contributed by atoms with E-state index in [2.05, 4.69) is 29.6 Å². The summed E-state index contributed by atoms with van der Waals surface area (Å²) < 4.78 is 0. The average Bonchev–Trinajstić information content (AvgIpc) is 2.97. The van der Waals surface area contributed by atoms with Crippen LogP contribution in [0.4, 0.5) is 5.69 Å². The van der Waals surface area contributed by atoms with Gasteiger partial charge in [0.15, 0.2) is 0 Å². The maximum absolute atomic E-state index is 10.4. The molecule has 0 bridgehead atoms. The molecule has 3 rings (SSSR count). The van der Waals surface area contributed by atoms with Crippen LogP contribution in [0.5, 0.6) is 0 Å². The fourth-order valence-electron chi connectivity index (χ4n) is 3.16. The van der Waals surface area contributed by atoms with Crippen LogP contribution in [-0.2, 0) is 6.42 Å². The van der Waals surface area contributed by atoms with E-state index in [1.807, 2.05) is 0 Å². The summed E-state index contributed by atoms with van der Waals surface area (Å²) >= 11 is 0. The average molecular weight is 217 g/mol. The summed E-state index contributed by atoms with van der Waals surface area (Å²) in [4.78, 5) is 0. The van der Waals surface area contributed by atoms with Crippen molar-refractivity contribution in [2.24, 2.45) is 5.92 Å². The Balaban J connectivity index is 1.70. The van der Waals surface area contributed by atoms with Gasteiger partial charge in [-0.1, -0.05) is 31.0 Å². The molecule has 1 aliphatic carbocycles. The van der Waals surface area contributed by atoms with E-state index in [1.165, 1.54) is 36.9 Å². The Morgan fingerprint density at radius 1 is 1.19 bits per heavy atom. The van der Waals surface area contributed by atoms with Gasteiger partial charge in [-0.2, -0.15) is 0 Å². The maximum atomic E-state index is 10.4. The second kappa shape index (κ2) is 4.10. The molecular formula is C14H19NO. The highest BCUT2D eigenvalue weighted by Gasteiger charge is 2.33. The fraction of sp³-hybridized carbons (Fsp3) is 0.571. The van der Waals surface area contributed by atoms with Crippen LogP contribution in [0.3, 0.4) is 0 Å². The van der Waals surface area contributed by atoms with Gasteiger partial charge in [-0.3, -0.25) is 0 Å². The van der Waals surface area contributed by atoms with Gasteiger partial charge in [-0.05, 0) is 36.8 Å². The SMILES string of the molecule is OC(C1CCCC1)C1Cc2ccccc2N1. The van der Waals surface area contributed by atoms with Crippen molar-refractivity contribution in [1.82, 2.24) is 0 Å². The molecule has 2 heteroatoms. The molecule has 2 aliphatic rings. The molecule has 1 saturated carbocycles. The highest BCUT2D eigenvalue weighted by atomic mass is 16.3. The number of aliphatic hydroxyl groups is 1. The number of fused-ring (bicyclic) bond motifs is 1. The molecule has 2 atom stereocenters. The summed E-state index contributed by atoms with van der Waals surface area (Å²) in [5.41, 5.74) is 2.56. The minimum Gasteiger partial charge on any atom is -0.391 e. The highest BCUT2D eigenvalue weighted by molar-refractivity contribution is 5.56. The second-order valence-corrected chi connectivity index (χ2v) is 5.15. The molecular weight excluding hydrogens is 198 g/mol. The zero-order chi connectivity index (χ0) is 11.0. The van der Waals surface area contributed by atoms with Gasteiger partial charge in [0.2, 0.25) is 0 Å². The van der Waals surface area contributed by atoms with Crippen molar-refractivity contribution in [2.45, 2.75) is 44.2 Å². The van der Waals surface area contributed by atoms with E-state index < -0.39 is 0 Å². The second-order valence-electron chi connectivity index (χ2n) is 5.15. The molecule has 16 heavy (non-hydrogen) atoms. The Bertz CT molecular complexity index is 346. The first-order chi connectivity index (χ1) is 7.84. The predicted octanol–water partition coefficient (Wildman–Crippen LogP) is 2.57. The molecule has 86 valence electrons. The summed E-state index contributed by atoms with van der Waals surface area (Å²) in [7, 11) is 0.